The number of aliphatic hydroxyl groups excluding tert-OH is 1. The van der Waals surface area contributed by atoms with Crippen LogP contribution in [0.5, 0.6) is 5.75 Å². The molecule has 0 spiro atoms. The van der Waals surface area contributed by atoms with Gasteiger partial charge in [0.25, 0.3) is 10.0 Å². The molecule has 0 unspecified atom stereocenters. The molecule has 166 valence electrons. The van der Waals surface area contributed by atoms with E-state index in [4.69, 9.17) is 4.74 Å². The maximum atomic E-state index is 13.5. The van der Waals surface area contributed by atoms with Crippen LogP contribution in [0.1, 0.15) is 5.56 Å². The van der Waals surface area contributed by atoms with Gasteiger partial charge in [0, 0.05) is 0 Å². The van der Waals surface area contributed by atoms with Crippen molar-refractivity contribution >= 4 is 26.7 Å². The summed E-state index contributed by atoms with van der Waals surface area (Å²) in [4.78, 5) is 0.150. The number of sulfonamides is 1. The number of fused-ring (bicyclic) bond motifs is 1. The number of ether oxygens (including phenoxy) is 1. The molecule has 0 saturated carbocycles. The Labute approximate surface area is 186 Å². The molecule has 0 fully saturated rings. The predicted molar refractivity (Wildman–Crippen MR) is 122 cm³/mol. The van der Waals surface area contributed by atoms with Gasteiger partial charge in [-0.25, -0.2) is 13.1 Å². The highest BCUT2D eigenvalue weighted by Crippen LogP contribution is 2.26. The lowest BCUT2D eigenvalue weighted by molar-refractivity contribution is 0.159. The van der Waals surface area contributed by atoms with Crippen molar-refractivity contribution in [3.63, 3.8) is 0 Å². The lowest BCUT2D eigenvalue weighted by atomic mass is 10.2. The minimum atomic E-state index is -3.92. The molecule has 1 heterocycles. The SMILES string of the molecule is COc1ccc(N(C[C@H](O)Cn2nnc3ccccc32)S(=O)(=O)c2ccc(C)cc2)cc1. The van der Waals surface area contributed by atoms with Crippen molar-refractivity contribution < 1.29 is 18.3 Å². The monoisotopic (exact) mass is 452 g/mol. The molecular weight excluding hydrogens is 428 g/mol. The highest BCUT2D eigenvalue weighted by atomic mass is 32.2. The Hall–Kier alpha value is -3.43. The average Bonchev–Trinajstić information content (AvgIpc) is 3.20. The number of rotatable bonds is 8. The minimum absolute atomic E-state index is 0.0938. The number of benzene rings is 3. The quantitative estimate of drug-likeness (QED) is 0.441. The summed E-state index contributed by atoms with van der Waals surface area (Å²) >= 11 is 0. The topological polar surface area (TPSA) is 97.6 Å². The smallest absolute Gasteiger partial charge is 0.264 e. The van der Waals surface area contributed by atoms with Crippen LogP contribution in [-0.4, -0.2) is 48.3 Å². The summed E-state index contributed by atoms with van der Waals surface area (Å²) in [5.41, 5.74) is 2.86. The second-order valence-corrected chi connectivity index (χ2v) is 9.32. The number of nitrogens with zero attached hydrogens (tertiary/aromatic N) is 4. The van der Waals surface area contributed by atoms with E-state index in [0.29, 0.717) is 17.0 Å². The van der Waals surface area contributed by atoms with E-state index in [1.807, 2.05) is 31.2 Å². The van der Waals surface area contributed by atoms with Crippen molar-refractivity contribution in [1.29, 1.82) is 0 Å². The number of para-hydroxylation sites is 1. The molecule has 0 aliphatic heterocycles. The maximum absolute atomic E-state index is 13.5. The van der Waals surface area contributed by atoms with Crippen molar-refractivity contribution in [2.75, 3.05) is 18.0 Å². The van der Waals surface area contributed by atoms with E-state index in [2.05, 4.69) is 10.3 Å². The van der Waals surface area contributed by atoms with E-state index in [1.54, 1.807) is 60.3 Å². The molecule has 0 aliphatic carbocycles. The number of hydrogen-bond acceptors (Lipinski definition) is 6. The standard InChI is InChI=1S/C23H24N4O4S/c1-17-7-13-21(14-8-17)32(29,30)27(18-9-11-20(31-2)12-10-18)16-19(28)15-26-23-6-4-3-5-22(23)24-25-26/h3-14,19,28H,15-16H2,1-2H3/t19-/m1/s1. The van der Waals surface area contributed by atoms with Crippen LogP contribution in [0.4, 0.5) is 5.69 Å². The van der Waals surface area contributed by atoms with Crippen molar-refractivity contribution in [3.8, 4) is 5.75 Å². The molecule has 0 amide bonds. The highest BCUT2D eigenvalue weighted by molar-refractivity contribution is 7.92. The second kappa shape index (κ2) is 8.97. The third-order valence-corrected chi connectivity index (χ3v) is 6.96. The van der Waals surface area contributed by atoms with Crippen molar-refractivity contribution in [3.05, 3.63) is 78.4 Å². The van der Waals surface area contributed by atoms with Crippen molar-refractivity contribution in [1.82, 2.24) is 15.0 Å². The van der Waals surface area contributed by atoms with Crippen LogP contribution in [0.25, 0.3) is 11.0 Å². The molecule has 0 bridgehead atoms. The Balaban J connectivity index is 1.65. The first-order valence-corrected chi connectivity index (χ1v) is 11.5. The van der Waals surface area contributed by atoms with Gasteiger partial charge in [-0.15, -0.1) is 5.10 Å². The summed E-state index contributed by atoms with van der Waals surface area (Å²) in [6.45, 7) is 1.83. The molecule has 1 N–H and O–H groups in total. The molecule has 0 aliphatic rings. The fourth-order valence-corrected chi connectivity index (χ4v) is 4.93. The normalized spacial score (nSPS) is 12.6. The van der Waals surface area contributed by atoms with Crippen LogP contribution in [0.2, 0.25) is 0 Å². The molecule has 9 heteroatoms. The number of aromatic nitrogens is 3. The molecule has 4 aromatic rings. The molecule has 1 atom stereocenters. The van der Waals surface area contributed by atoms with E-state index >= 15 is 0 Å². The first-order chi connectivity index (χ1) is 15.4. The average molecular weight is 453 g/mol. The first kappa shape index (κ1) is 21.8. The third-order valence-electron chi connectivity index (χ3n) is 5.15. The molecule has 3 aromatic carbocycles. The lowest BCUT2D eigenvalue weighted by Gasteiger charge is -2.27. The summed E-state index contributed by atoms with van der Waals surface area (Å²) in [5.74, 6) is 0.607. The number of methoxy groups -OCH3 is 1. The number of aliphatic hydroxyl groups is 1. The summed E-state index contributed by atoms with van der Waals surface area (Å²) < 4.78 is 35.0. The van der Waals surface area contributed by atoms with Crippen LogP contribution in [0, 0.1) is 6.92 Å². The van der Waals surface area contributed by atoms with Gasteiger partial charge in [-0.3, -0.25) is 4.31 Å². The van der Waals surface area contributed by atoms with Gasteiger partial charge in [0.05, 0.1) is 42.4 Å². The minimum Gasteiger partial charge on any atom is -0.497 e. The number of anilines is 1. The highest BCUT2D eigenvalue weighted by Gasteiger charge is 2.27. The molecule has 0 radical (unpaired) electrons. The largest absolute Gasteiger partial charge is 0.497 e. The summed E-state index contributed by atoms with van der Waals surface area (Å²) in [7, 11) is -2.38. The molecule has 1 aromatic heterocycles. The zero-order chi connectivity index (χ0) is 22.7. The van der Waals surface area contributed by atoms with E-state index < -0.39 is 16.1 Å². The molecule has 8 nitrogen and oxygen atoms in total. The maximum Gasteiger partial charge on any atom is 0.264 e. The third kappa shape index (κ3) is 4.44. The zero-order valence-electron chi connectivity index (χ0n) is 17.8. The van der Waals surface area contributed by atoms with E-state index in [9.17, 15) is 13.5 Å². The fourth-order valence-electron chi connectivity index (χ4n) is 3.43. The number of hydrogen-bond donors (Lipinski definition) is 1. The van der Waals surface area contributed by atoms with Gasteiger partial charge >= 0.3 is 0 Å². The van der Waals surface area contributed by atoms with Gasteiger partial charge in [0.15, 0.2) is 0 Å². The van der Waals surface area contributed by atoms with Crippen LogP contribution in [-0.2, 0) is 16.6 Å². The molecular formula is C23H24N4O4S. The van der Waals surface area contributed by atoms with Gasteiger partial charge in [-0.05, 0) is 55.5 Å². The summed E-state index contributed by atoms with van der Waals surface area (Å²) in [6, 6.07) is 20.7. The van der Waals surface area contributed by atoms with Gasteiger partial charge in [-0.2, -0.15) is 0 Å². The van der Waals surface area contributed by atoms with Gasteiger partial charge in [0.1, 0.15) is 11.3 Å². The van der Waals surface area contributed by atoms with E-state index in [0.717, 1.165) is 11.1 Å². The Morgan fingerprint density at radius 3 is 2.41 bits per heavy atom. The zero-order valence-corrected chi connectivity index (χ0v) is 18.6. The van der Waals surface area contributed by atoms with Crippen LogP contribution in [0.3, 0.4) is 0 Å². The number of aryl methyl sites for hydroxylation is 1. The van der Waals surface area contributed by atoms with Gasteiger partial charge in [0.2, 0.25) is 0 Å². The van der Waals surface area contributed by atoms with Crippen molar-refractivity contribution in [2.24, 2.45) is 0 Å². The Morgan fingerprint density at radius 2 is 1.72 bits per heavy atom. The molecule has 4 rings (SSSR count). The van der Waals surface area contributed by atoms with Crippen molar-refractivity contribution in [2.45, 2.75) is 24.5 Å². The van der Waals surface area contributed by atoms with E-state index in [1.165, 1.54) is 4.31 Å². The van der Waals surface area contributed by atoms with E-state index in [-0.39, 0.29) is 18.0 Å². The first-order valence-electron chi connectivity index (χ1n) is 10.1. The van der Waals surface area contributed by atoms with Crippen LogP contribution < -0.4 is 9.04 Å². The Morgan fingerprint density at radius 1 is 1.03 bits per heavy atom. The molecule has 32 heavy (non-hydrogen) atoms. The Bertz CT molecular complexity index is 1300. The summed E-state index contributed by atoms with van der Waals surface area (Å²) in [6.07, 6.45) is -1.03. The van der Waals surface area contributed by atoms with Crippen LogP contribution in [0.15, 0.2) is 77.7 Å². The fraction of sp³-hybridized carbons (Fsp3) is 0.217. The molecule has 0 saturated heterocycles. The summed E-state index contributed by atoms with van der Waals surface area (Å²) in [5, 5.41) is 19.0. The lowest BCUT2D eigenvalue weighted by Crippen LogP contribution is -2.39. The predicted octanol–water partition coefficient (Wildman–Crippen LogP) is 3.00. The second-order valence-electron chi connectivity index (χ2n) is 7.46. The van der Waals surface area contributed by atoms with Gasteiger partial charge in [-0.1, -0.05) is 35.0 Å². The van der Waals surface area contributed by atoms with Crippen LogP contribution >= 0.6 is 0 Å². The van der Waals surface area contributed by atoms with Gasteiger partial charge < -0.3 is 9.84 Å². The Kier molecular flexibility index (Phi) is 6.11.